The molecule has 0 saturated carbocycles. The summed E-state index contributed by atoms with van der Waals surface area (Å²) in [5, 5.41) is 3.87. The topological polar surface area (TPSA) is 82.3 Å². The molecule has 7 nitrogen and oxygen atoms in total. The minimum absolute atomic E-state index is 0.182. The molecule has 0 aliphatic heterocycles. The zero-order valence-electron chi connectivity index (χ0n) is 12.5. The Hall–Kier alpha value is -2.96. The van der Waals surface area contributed by atoms with Crippen molar-refractivity contribution in [1.29, 1.82) is 0 Å². The lowest BCUT2D eigenvalue weighted by Gasteiger charge is -2.12. The number of hydrogen-bond acceptors (Lipinski definition) is 6. The molecule has 116 valence electrons. The molecule has 0 bridgehead atoms. The minimum Gasteiger partial charge on any atom is -0.493 e. The molecule has 0 aliphatic rings. The van der Waals surface area contributed by atoms with Gasteiger partial charge in [0.1, 0.15) is 0 Å². The van der Waals surface area contributed by atoms with Gasteiger partial charge < -0.3 is 18.6 Å². The number of carbonyl (C=O) groups is 1. The van der Waals surface area contributed by atoms with E-state index in [-0.39, 0.29) is 5.76 Å². The molecule has 0 fully saturated rings. The largest absolute Gasteiger partial charge is 0.493 e. The molecule has 2 aromatic rings. The first-order chi connectivity index (χ1) is 10.7. The number of hydrazone groups is 1. The smallest absolute Gasteiger partial charge is 0.307 e. The Bertz CT molecular complexity index is 640. The quantitative estimate of drug-likeness (QED) is 0.652. The molecule has 22 heavy (non-hydrogen) atoms. The lowest BCUT2D eigenvalue weighted by Crippen LogP contribution is -2.16. The molecule has 2 rings (SSSR count). The molecule has 1 amide bonds. The van der Waals surface area contributed by atoms with Crippen LogP contribution < -0.4 is 19.6 Å². The van der Waals surface area contributed by atoms with Crippen LogP contribution in [0.15, 0.2) is 40.0 Å². The van der Waals surface area contributed by atoms with Crippen LogP contribution in [0, 0.1) is 0 Å². The van der Waals surface area contributed by atoms with Gasteiger partial charge >= 0.3 is 5.91 Å². The van der Waals surface area contributed by atoms with E-state index in [1.165, 1.54) is 33.8 Å². The highest BCUT2D eigenvalue weighted by Crippen LogP contribution is 2.37. The van der Waals surface area contributed by atoms with Crippen LogP contribution in [0.25, 0.3) is 0 Å². The fourth-order valence-electron chi connectivity index (χ4n) is 1.80. The molecule has 0 atom stereocenters. The molecule has 7 heteroatoms. The molecule has 0 spiro atoms. The van der Waals surface area contributed by atoms with Gasteiger partial charge in [-0.15, -0.1) is 0 Å². The number of nitrogens with zero attached hydrogens (tertiary/aromatic N) is 1. The summed E-state index contributed by atoms with van der Waals surface area (Å²) in [7, 11) is 4.57. The van der Waals surface area contributed by atoms with Crippen LogP contribution in [0.4, 0.5) is 0 Å². The predicted molar refractivity (Wildman–Crippen MR) is 79.9 cm³/mol. The maximum atomic E-state index is 11.7. The Morgan fingerprint density at radius 1 is 1.18 bits per heavy atom. The number of benzene rings is 1. The van der Waals surface area contributed by atoms with Crippen LogP contribution in [0.5, 0.6) is 17.2 Å². The monoisotopic (exact) mass is 304 g/mol. The summed E-state index contributed by atoms with van der Waals surface area (Å²) in [6.45, 7) is 0. The van der Waals surface area contributed by atoms with E-state index < -0.39 is 5.91 Å². The van der Waals surface area contributed by atoms with Gasteiger partial charge in [-0.1, -0.05) is 0 Å². The molecule has 1 aromatic heterocycles. The maximum absolute atomic E-state index is 11.7. The van der Waals surface area contributed by atoms with E-state index in [0.717, 1.165) is 0 Å². The third-order valence-corrected chi connectivity index (χ3v) is 2.81. The Morgan fingerprint density at radius 3 is 2.36 bits per heavy atom. The maximum Gasteiger partial charge on any atom is 0.307 e. The van der Waals surface area contributed by atoms with Crippen LogP contribution in [0.3, 0.4) is 0 Å². The zero-order chi connectivity index (χ0) is 15.9. The number of carbonyl (C=O) groups excluding carboxylic acids is 1. The molecule has 1 heterocycles. The van der Waals surface area contributed by atoms with Gasteiger partial charge in [-0.05, 0) is 24.3 Å². The lowest BCUT2D eigenvalue weighted by atomic mass is 10.2. The van der Waals surface area contributed by atoms with Crippen molar-refractivity contribution in [2.45, 2.75) is 0 Å². The minimum atomic E-state index is -0.436. The van der Waals surface area contributed by atoms with Crippen molar-refractivity contribution in [2.75, 3.05) is 21.3 Å². The van der Waals surface area contributed by atoms with Gasteiger partial charge in [0.15, 0.2) is 17.3 Å². The third-order valence-electron chi connectivity index (χ3n) is 2.81. The number of rotatable bonds is 6. The fourth-order valence-corrected chi connectivity index (χ4v) is 1.80. The lowest BCUT2D eigenvalue weighted by molar-refractivity contribution is 0.0927. The summed E-state index contributed by atoms with van der Waals surface area (Å²) in [4.78, 5) is 11.7. The summed E-state index contributed by atoms with van der Waals surface area (Å²) in [5.74, 6) is 1.24. The van der Waals surface area contributed by atoms with Crippen LogP contribution in [-0.2, 0) is 0 Å². The summed E-state index contributed by atoms with van der Waals surface area (Å²) >= 11 is 0. The summed E-state index contributed by atoms with van der Waals surface area (Å²) in [6.07, 6.45) is 2.88. The van der Waals surface area contributed by atoms with Crippen molar-refractivity contribution in [1.82, 2.24) is 5.43 Å². The molecule has 1 N–H and O–H groups in total. The highest BCUT2D eigenvalue weighted by Gasteiger charge is 2.12. The van der Waals surface area contributed by atoms with Crippen molar-refractivity contribution in [3.63, 3.8) is 0 Å². The number of amides is 1. The van der Waals surface area contributed by atoms with Crippen molar-refractivity contribution >= 4 is 12.1 Å². The average Bonchev–Trinajstić information content (AvgIpc) is 3.08. The molecular weight excluding hydrogens is 288 g/mol. The summed E-state index contributed by atoms with van der Waals surface area (Å²) < 4.78 is 20.7. The number of methoxy groups -OCH3 is 3. The molecule has 1 aromatic carbocycles. The molecule has 0 radical (unpaired) electrons. The molecule has 0 aliphatic carbocycles. The highest BCUT2D eigenvalue weighted by molar-refractivity contribution is 5.92. The SMILES string of the molecule is COc1cc(/C=N\NC(=O)c2ccco2)cc(OC)c1OC. The Labute approximate surface area is 127 Å². The second-order valence-electron chi connectivity index (χ2n) is 4.14. The van der Waals surface area contributed by atoms with Gasteiger partial charge in [-0.3, -0.25) is 4.79 Å². The Balaban J connectivity index is 2.15. The van der Waals surface area contributed by atoms with E-state index in [9.17, 15) is 4.79 Å². The van der Waals surface area contributed by atoms with Gasteiger partial charge in [0.25, 0.3) is 0 Å². The number of ether oxygens (including phenoxy) is 3. The summed E-state index contributed by atoms with van der Waals surface area (Å²) in [6, 6.07) is 6.59. The summed E-state index contributed by atoms with van der Waals surface area (Å²) in [5.41, 5.74) is 3.04. The van der Waals surface area contributed by atoms with Crippen LogP contribution in [0.1, 0.15) is 16.1 Å². The molecule has 0 unspecified atom stereocenters. The van der Waals surface area contributed by atoms with E-state index in [1.807, 2.05) is 0 Å². The van der Waals surface area contributed by atoms with Crippen LogP contribution >= 0.6 is 0 Å². The van der Waals surface area contributed by atoms with Crippen LogP contribution in [-0.4, -0.2) is 33.5 Å². The van der Waals surface area contributed by atoms with Crippen molar-refractivity contribution in [3.05, 3.63) is 41.9 Å². The zero-order valence-corrected chi connectivity index (χ0v) is 12.5. The normalized spacial score (nSPS) is 10.5. The van der Waals surface area contributed by atoms with Crippen molar-refractivity contribution in [3.8, 4) is 17.2 Å². The van der Waals surface area contributed by atoms with Gasteiger partial charge in [-0.25, -0.2) is 5.43 Å². The van der Waals surface area contributed by atoms with Crippen molar-refractivity contribution < 1.29 is 23.4 Å². The first-order valence-electron chi connectivity index (χ1n) is 6.36. The molecular formula is C15H16N2O5. The number of nitrogens with one attached hydrogen (secondary N) is 1. The Kier molecular flexibility index (Phi) is 5.02. The van der Waals surface area contributed by atoms with Crippen LogP contribution in [0.2, 0.25) is 0 Å². The predicted octanol–water partition coefficient (Wildman–Crippen LogP) is 2.07. The average molecular weight is 304 g/mol. The second-order valence-corrected chi connectivity index (χ2v) is 4.14. The van der Waals surface area contributed by atoms with E-state index in [0.29, 0.717) is 22.8 Å². The van der Waals surface area contributed by atoms with E-state index in [4.69, 9.17) is 18.6 Å². The van der Waals surface area contributed by atoms with E-state index in [2.05, 4.69) is 10.5 Å². The number of furan rings is 1. The van der Waals surface area contributed by atoms with Gasteiger partial charge in [0, 0.05) is 5.56 Å². The van der Waals surface area contributed by atoms with Crippen molar-refractivity contribution in [2.24, 2.45) is 5.10 Å². The Morgan fingerprint density at radius 2 is 1.86 bits per heavy atom. The molecule has 0 saturated heterocycles. The van der Waals surface area contributed by atoms with E-state index in [1.54, 1.807) is 24.3 Å². The number of hydrogen-bond donors (Lipinski definition) is 1. The highest BCUT2D eigenvalue weighted by atomic mass is 16.5. The van der Waals surface area contributed by atoms with Gasteiger partial charge in [-0.2, -0.15) is 5.10 Å². The second kappa shape index (κ2) is 7.16. The van der Waals surface area contributed by atoms with Gasteiger partial charge in [0.05, 0.1) is 33.8 Å². The standard InChI is InChI=1S/C15H16N2O5/c1-19-12-7-10(8-13(20-2)14(12)21-3)9-16-17-15(18)11-5-4-6-22-11/h4-9H,1-3H3,(H,17,18)/b16-9-. The first-order valence-corrected chi connectivity index (χ1v) is 6.36. The third kappa shape index (κ3) is 3.38. The van der Waals surface area contributed by atoms with Gasteiger partial charge in [0.2, 0.25) is 5.75 Å². The van der Waals surface area contributed by atoms with E-state index >= 15 is 0 Å². The first kappa shape index (κ1) is 15.4. The fraction of sp³-hybridized carbons (Fsp3) is 0.200.